The third kappa shape index (κ3) is 4.92. The van der Waals surface area contributed by atoms with E-state index in [0.717, 1.165) is 17.8 Å². The minimum atomic E-state index is -0.696. The van der Waals surface area contributed by atoms with Crippen LogP contribution in [0.1, 0.15) is 10.4 Å². The molecule has 1 aliphatic rings. The number of para-hydroxylation sites is 1. The second-order valence-electron chi connectivity index (χ2n) is 5.72. The van der Waals surface area contributed by atoms with Gasteiger partial charge in [0.25, 0.3) is 11.8 Å². The normalized spacial score (nSPS) is 16.5. The first kappa shape index (κ1) is 20.8. The molecule has 3 rings (SSSR count). The van der Waals surface area contributed by atoms with Crippen LogP contribution in [-0.2, 0) is 14.3 Å². The maximum atomic E-state index is 12.9. The number of amides is 2. The number of halogens is 1. The van der Waals surface area contributed by atoms with Crippen molar-refractivity contribution in [3.8, 4) is 0 Å². The quantitative estimate of drug-likeness (QED) is 0.579. The number of ether oxygens (including phenoxy) is 1. The number of carbonyl (C=O) groups is 3. The number of amidine groups is 1. The van der Waals surface area contributed by atoms with Crippen molar-refractivity contribution in [3.05, 3.63) is 76.2 Å². The van der Waals surface area contributed by atoms with Gasteiger partial charge in [-0.05, 0) is 36.0 Å². The molecule has 1 fully saturated rings. The van der Waals surface area contributed by atoms with E-state index in [9.17, 15) is 14.4 Å². The zero-order chi connectivity index (χ0) is 20.8. The largest absolute Gasteiger partial charge is 0.461 e. The number of esters is 1. The Bertz CT molecular complexity index is 1010. The molecule has 2 N–H and O–H groups in total. The van der Waals surface area contributed by atoms with Gasteiger partial charge in [-0.15, -0.1) is 0 Å². The fraction of sp³-hybridized carbons (Fsp3) is 0.100. The van der Waals surface area contributed by atoms with Crippen LogP contribution in [0.2, 0.25) is 5.02 Å². The Hall–Kier alpha value is -2.94. The second-order valence-corrected chi connectivity index (χ2v) is 7.14. The van der Waals surface area contributed by atoms with Crippen molar-refractivity contribution in [3.63, 3.8) is 0 Å². The van der Waals surface area contributed by atoms with Crippen molar-refractivity contribution in [2.24, 2.45) is 10.7 Å². The molecule has 2 aromatic carbocycles. The highest BCUT2D eigenvalue weighted by molar-refractivity contribution is 8.19. The zero-order valence-corrected chi connectivity index (χ0v) is 16.7. The van der Waals surface area contributed by atoms with E-state index in [4.69, 9.17) is 22.1 Å². The Morgan fingerprint density at radius 1 is 1.14 bits per heavy atom. The first-order valence-corrected chi connectivity index (χ1v) is 9.74. The van der Waals surface area contributed by atoms with Gasteiger partial charge in [0.15, 0.2) is 5.17 Å². The van der Waals surface area contributed by atoms with E-state index in [0.29, 0.717) is 5.69 Å². The van der Waals surface area contributed by atoms with Crippen LogP contribution < -0.4 is 10.6 Å². The lowest BCUT2D eigenvalue weighted by molar-refractivity contribution is -0.137. The molecule has 2 amide bonds. The highest BCUT2D eigenvalue weighted by Crippen LogP contribution is 2.35. The minimum Gasteiger partial charge on any atom is -0.461 e. The van der Waals surface area contributed by atoms with Gasteiger partial charge in [0, 0.05) is 12.6 Å². The van der Waals surface area contributed by atoms with E-state index in [1.54, 1.807) is 54.6 Å². The van der Waals surface area contributed by atoms with E-state index in [-0.39, 0.29) is 33.8 Å². The van der Waals surface area contributed by atoms with Crippen molar-refractivity contribution < 1.29 is 19.1 Å². The molecule has 29 heavy (non-hydrogen) atoms. The molecule has 0 aliphatic carbocycles. The van der Waals surface area contributed by atoms with Gasteiger partial charge in [0.2, 0.25) is 0 Å². The van der Waals surface area contributed by atoms with Crippen LogP contribution in [0.4, 0.5) is 5.69 Å². The summed E-state index contributed by atoms with van der Waals surface area (Å²) < 4.78 is 4.90. The molecule has 1 heterocycles. The van der Waals surface area contributed by atoms with Crippen LogP contribution >= 0.6 is 23.4 Å². The van der Waals surface area contributed by atoms with Gasteiger partial charge in [-0.1, -0.05) is 41.9 Å². The zero-order valence-electron chi connectivity index (χ0n) is 15.1. The number of carbonyl (C=O) groups excluding carboxylic acids is 3. The first-order valence-electron chi connectivity index (χ1n) is 8.54. The number of anilines is 1. The number of benzene rings is 2. The predicted octanol–water partition coefficient (Wildman–Crippen LogP) is 3.00. The molecular formula is C20H16ClN3O4S. The standard InChI is InChI=1S/C20H16ClN3O4S/c21-15-9-5-4-8-14(15)18(26)23-20-24(13-6-2-1-3-7-13)19(27)16(29-20)12-17(25)28-11-10-22/h1-9,12H,10-11,22H2. The molecule has 148 valence electrons. The fourth-order valence-electron chi connectivity index (χ4n) is 2.44. The molecule has 0 unspecified atom stereocenters. The Morgan fingerprint density at radius 3 is 2.52 bits per heavy atom. The average molecular weight is 430 g/mol. The van der Waals surface area contributed by atoms with Crippen LogP contribution in [0.15, 0.2) is 70.6 Å². The number of aliphatic imine (C=N–C) groups is 1. The van der Waals surface area contributed by atoms with E-state index in [1.165, 1.54) is 4.90 Å². The average Bonchev–Trinajstić information content (AvgIpc) is 3.02. The maximum absolute atomic E-state index is 12.9. The molecule has 0 radical (unpaired) electrons. The molecule has 7 nitrogen and oxygen atoms in total. The molecule has 0 aromatic heterocycles. The Balaban J connectivity index is 1.97. The Kier molecular flexibility index (Phi) is 6.82. The summed E-state index contributed by atoms with van der Waals surface area (Å²) in [6, 6.07) is 15.2. The smallest absolute Gasteiger partial charge is 0.332 e. The summed E-state index contributed by atoms with van der Waals surface area (Å²) in [4.78, 5) is 42.8. The lowest BCUT2D eigenvalue weighted by Crippen LogP contribution is -2.29. The molecule has 9 heteroatoms. The fourth-order valence-corrected chi connectivity index (χ4v) is 3.60. The lowest BCUT2D eigenvalue weighted by atomic mass is 10.2. The molecular weight excluding hydrogens is 414 g/mol. The highest BCUT2D eigenvalue weighted by atomic mass is 35.5. The van der Waals surface area contributed by atoms with Gasteiger partial charge >= 0.3 is 5.97 Å². The van der Waals surface area contributed by atoms with Crippen molar-refractivity contribution in [1.82, 2.24) is 0 Å². The van der Waals surface area contributed by atoms with Crippen LogP contribution in [0.25, 0.3) is 0 Å². The first-order chi connectivity index (χ1) is 14.0. The molecule has 0 saturated carbocycles. The monoisotopic (exact) mass is 429 g/mol. The summed E-state index contributed by atoms with van der Waals surface area (Å²) in [6.07, 6.45) is 1.07. The number of thioether (sulfide) groups is 1. The molecule has 1 aliphatic heterocycles. The maximum Gasteiger partial charge on any atom is 0.332 e. The number of nitrogens with zero attached hydrogens (tertiary/aromatic N) is 2. The number of hydrogen-bond donors (Lipinski definition) is 1. The van der Waals surface area contributed by atoms with Gasteiger partial charge in [-0.3, -0.25) is 14.5 Å². The molecule has 0 atom stereocenters. The third-order valence-corrected chi connectivity index (χ3v) is 5.03. The lowest BCUT2D eigenvalue weighted by Gasteiger charge is -2.15. The van der Waals surface area contributed by atoms with Crippen molar-refractivity contribution >= 4 is 52.0 Å². The van der Waals surface area contributed by atoms with Crippen LogP contribution in [0.3, 0.4) is 0 Å². The van der Waals surface area contributed by atoms with Gasteiger partial charge in [0.05, 0.1) is 21.2 Å². The summed E-state index contributed by atoms with van der Waals surface area (Å²) in [7, 11) is 0. The Labute approximate surface area is 176 Å². The molecule has 2 aromatic rings. The Morgan fingerprint density at radius 2 is 1.83 bits per heavy atom. The van der Waals surface area contributed by atoms with Crippen molar-refractivity contribution in [2.45, 2.75) is 0 Å². The summed E-state index contributed by atoms with van der Waals surface area (Å²) in [5.41, 5.74) is 6.03. The van der Waals surface area contributed by atoms with E-state index in [2.05, 4.69) is 4.99 Å². The number of nitrogens with two attached hydrogens (primary N) is 1. The summed E-state index contributed by atoms with van der Waals surface area (Å²) in [6.45, 7) is 0.209. The summed E-state index contributed by atoms with van der Waals surface area (Å²) in [5.74, 6) is -1.78. The summed E-state index contributed by atoms with van der Waals surface area (Å²) in [5, 5.41) is 0.368. The predicted molar refractivity (Wildman–Crippen MR) is 113 cm³/mol. The van der Waals surface area contributed by atoms with Gasteiger partial charge < -0.3 is 10.5 Å². The second kappa shape index (κ2) is 9.51. The topological polar surface area (TPSA) is 102 Å². The van der Waals surface area contributed by atoms with Crippen LogP contribution in [-0.4, -0.2) is 36.1 Å². The summed E-state index contributed by atoms with van der Waals surface area (Å²) >= 11 is 6.98. The van der Waals surface area contributed by atoms with E-state index >= 15 is 0 Å². The van der Waals surface area contributed by atoms with Crippen LogP contribution in [0, 0.1) is 0 Å². The van der Waals surface area contributed by atoms with E-state index in [1.807, 2.05) is 0 Å². The van der Waals surface area contributed by atoms with Gasteiger partial charge in [0.1, 0.15) is 6.61 Å². The minimum absolute atomic E-state index is 0.0375. The molecule has 0 spiro atoms. The SMILES string of the molecule is NCCOC(=O)C=C1SC(=NC(=O)c2ccccc2Cl)N(c2ccccc2)C1=O. The third-order valence-electron chi connectivity index (χ3n) is 3.73. The highest BCUT2D eigenvalue weighted by Gasteiger charge is 2.36. The molecule has 0 bridgehead atoms. The van der Waals surface area contributed by atoms with Crippen molar-refractivity contribution in [2.75, 3.05) is 18.1 Å². The van der Waals surface area contributed by atoms with Gasteiger partial charge in [-0.2, -0.15) is 4.99 Å². The van der Waals surface area contributed by atoms with Crippen LogP contribution in [0.5, 0.6) is 0 Å². The van der Waals surface area contributed by atoms with Gasteiger partial charge in [-0.25, -0.2) is 4.79 Å². The van der Waals surface area contributed by atoms with Crippen molar-refractivity contribution in [1.29, 1.82) is 0 Å². The molecule has 1 saturated heterocycles. The number of rotatable bonds is 5. The number of hydrogen-bond acceptors (Lipinski definition) is 6. The van der Waals surface area contributed by atoms with E-state index < -0.39 is 17.8 Å².